The molecule has 0 bridgehead atoms. The Morgan fingerprint density at radius 3 is 2.42 bits per heavy atom. The number of halogens is 2. The Bertz CT molecular complexity index is 552. The Morgan fingerprint density at radius 1 is 1.16 bits per heavy atom. The SMILES string of the molecule is CC1CCC(NS(=O)(=O)c2cc(Cl)ccc2Cl)CC1. The summed E-state index contributed by atoms with van der Waals surface area (Å²) >= 11 is 11.8. The van der Waals surface area contributed by atoms with Gasteiger partial charge in [0, 0.05) is 11.1 Å². The van der Waals surface area contributed by atoms with Crippen molar-refractivity contribution < 1.29 is 8.42 Å². The van der Waals surface area contributed by atoms with Gasteiger partial charge in [-0.05, 0) is 49.8 Å². The molecule has 6 heteroatoms. The lowest BCUT2D eigenvalue weighted by molar-refractivity contribution is 0.332. The number of rotatable bonds is 3. The number of benzene rings is 1. The fourth-order valence-corrected chi connectivity index (χ4v) is 4.41. The molecular weight excluding hydrogens is 305 g/mol. The molecule has 0 heterocycles. The van der Waals surface area contributed by atoms with E-state index in [0.29, 0.717) is 10.9 Å². The highest BCUT2D eigenvalue weighted by atomic mass is 35.5. The van der Waals surface area contributed by atoms with Crippen LogP contribution < -0.4 is 4.72 Å². The van der Waals surface area contributed by atoms with E-state index in [0.717, 1.165) is 25.7 Å². The molecule has 1 aliphatic carbocycles. The molecule has 0 saturated heterocycles. The molecule has 2 rings (SSSR count). The zero-order valence-electron chi connectivity index (χ0n) is 10.7. The lowest BCUT2D eigenvalue weighted by Gasteiger charge is -2.26. The van der Waals surface area contributed by atoms with Gasteiger partial charge in [0.05, 0.1) is 5.02 Å². The molecule has 1 aliphatic rings. The molecule has 3 nitrogen and oxygen atoms in total. The van der Waals surface area contributed by atoms with Gasteiger partial charge in [0.1, 0.15) is 4.90 Å². The van der Waals surface area contributed by atoms with Crippen molar-refractivity contribution in [2.45, 2.75) is 43.5 Å². The summed E-state index contributed by atoms with van der Waals surface area (Å²) in [5.74, 6) is 0.676. The van der Waals surface area contributed by atoms with Crippen LogP contribution in [0.4, 0.5) is 0 Å². The number of hydrogen-bond donors (Lipinski definition) is 1. The van der Waals surface area contributed by atoms with E-state index in [1.165, 1.54) is 12.1 Å². The molecule has 0 atom stereocenters. The van der Waals surface area contributed by atoms with Gasteiger partial charge in [0.25, 0.3) is 0 Å². The Kier molecular flexibility index (Phi) is 4.77. The minimum absolute atomic E-state index is 0.00347. The smallest absolute Gasteiger partial charge is 0.208 e. The first kappa shape index (κ1) is 15.1. The monoisotopic (exact) mass is 321 g/mol. The molecule has 1 saturated carbocycles. The van der Waals surface area contributed by atoms with Gasteiger partial charge in [-0.15, -0.1) is 0 Å². The fraction of sp³-hybridized carbons (Fsp3) is 0.538. The van der Waals surface area contributed by atoms with E-state index in [-0.39, 0.29) is 16.0 Å². The third-order valence-corrected chi connectivity index (χ3v) is 5.76. The second-order valence-electron chi connectivity index (χ2n) is 5.15. The average molecular weight is 322 g/mol. The maximum atomic E-state index is 12.3. The third kappa shape index (κ3) is 3.85. The zero-order chi connectivity index (χ0) is 14.0. The molecule has 0 aromatic heterocycles. The van der Waals surface area contributed by atoms with Crippen LogP contribution in [0.15, 0.2) is 23.1 Å². The lowest BCUT2D eigenvalue weighted by atomic mass is 9.88. The van der Waals surface area contributed by atoms with E-state index in [4.69, 9.17) is 23.2 Å². The minimum Gasteiger partial charge on any atom is -0.208 e. The van der Waals surface area contributed by atoms with E-state index in [1.807, 2.05) is 0 Å². The van der Waals surface area contributed by atoms with Crippen LogP contribution in [0, 0.1) is 5.92 Å². The van der Waals surface area contributed by atoms with Crippen LogP contribution in [-0.2, 0) is 10.0 Å². The summed E-state index contributed by atoms with van der Waals surface area (Å²) < 4.78 is 27.3. The van der Waals surface area contributed by atoms with E-state index in [1.54, 1.807) is 6.07 Å². The van der Waals surface area contributed by atoms with Gasteiger partial charge in [-0.25, -0.2) is 13.1 Å². The van der Waals surface area contributed by atoms with E-state index in [9.17, 15) is 8.42 Å². The first-order chi connectivity index (χ1) is 8.88. The molecule has 0 spiro atoms. The highest BCUT2D eigenvalue weighted by Gasteiger charge is 2.25. The molecule has 106 valence electrons. The number of nitrogens with one attached hydrogen (secondary N) is 1. The molecule has 1 aromatic carbocycles. The van der Waals surface area contributed by atoms with Crippen molar-refractivity contribution in [1.29, 1.82) is 0 Å². The highest BCUT2D eigenvalue weighted by molar-refractivity contribution is 7.89. The van der Waals surface area contributed by atoms with Crippen molar-refractivity contribution in [3.8, 4) is 0 Å². The molecular formula is C13H17Cl2NO2S. The maximum absolute atomic E-state index is 12.3. The van der Waals surface area contributed by atoms with Crippen LogP contribution >= 0.6 is 23.2 Å². The van der Waals surface area contributed by atoms with Crippen LogP contribution in [0.2, 0.25) is 10.0 Å². The van der Waals surface area contributed by atoms with Gasteiger partial charge in [-0.1, -0.05) is 30.1 Å². The van der Waals surface area contributed by atoms with Gasteiger partial charge in [-0.2, -0.15) is 0 Å². The van der Waals surface area contributed by atoms with Gasteiger partial charge >= 0.3 is 0 Å². The van der Waals surface area contributed by atoms with Crippen molar-refractivity contribution in [1.82, 2.24) is 4.72 Å². The standard InChI is InChI=1S/C13H17Cl2NO2S/c1-9-2-5-11(6-3-9)16-19(17,18)13-8-10(14)4-7-12(13)15/h4,7-9,11,16H,2-3,5-6H2,1H3. The lowest BCUT2D eigenvalue weighted by Crippen LogP contribution is -2.37. The number of hydrogen-bond acceptors (Lipinski definition) is 2. The second-order valence-corrected chi connectivity index (χ2v) is 7.68. The third-order valence-electron chi connectivity index (χ3n) is 3.52. The second kappa shape index (κ2) is 6.00. The molecule has 1 N–H and O–H groups in total. The average Bonchev–Trinajstić information content (AvgIpc) is 2.35. The zero-order valence-corrected chi connectivity index (χ0v) is 13.0. The van der Waals surface area contributed by atoms with Crippen molar-refractivity contribution in [2.75, 3.05) is 0 Å². The van der Waals surface area contributed by atoms with Crippen LogP contribution in [0.3, 0.4) is 0 Å². The molecule has 0 aliphatic heterocycles. The Morgan fingerprint density at radius 2 is 1.79 bits per heavy atom. The van der Waals surface area contributed by atoms with E-state index in [2.05, 4.69) is 11.6 Å². The summed E-state index contributed by atoms with van der Waals surface area (Å²) in [5.41, 5.74) is 0. The van der Waals surface area contributed by atoms with Gasteiger partial charge in [0.2, 0.25) is 10.0 Å². The summed E-state index contributed by atoms with van der Waals surface area (Å²) in [6.45, 7) is 2.19. The van der Waals surface area contributed by atoms with Crippen LogP contribution in [0.5, 0.6) is 0 Å². The topological polar surface area (TPSA) is 46.2 Å². The Hall–Kier alpha value is -0.290. The van der Waals surface area contributed by atoms with Crippen LogP contribution in [0.1, 0.15) is 32.6 Å². The van der Waals surface area contributed by atoms with Crippen LogP contribution in [0.25, 0.3) is 0 Å². The summed E-state index contributed by atoms with van der Waals surface area (Å²) in [7, 11) is -3.60. The van der Waals surface area contributed by atoms with Crippen molar-refractivity contribution in [3.05, 3.63) is 28.2 Å². The predicted octanol–water partition coefficient (Wildman–Crippen LogP) is 3.85. The quantitative estimate of drug-likeness (QED) is 0.919. The van der Waals surface area contributed by atoms with Gasteiger partial charge in [-0.3, -0.25) is 0 Å². The summed E-state index contributed by atoms with van der Waals surface area (Å²) in [4.78, 5) is 0.0558. The minimum atomic E-state index is -3.60. The highest BCUT2D eigenvalue weighted by Crippen LogP contribution is 2.28. The predicted molar refractivity (Wildman–Crippen MR) is 78.2 cm³/mol. The summed E-state index contributed by atoms with van der Waals surface area (Å²) in [5, 5.41) is 0.558. The molecule has 1 fully saturated rings. The van der Waals surface area contributed by atoms with Crippen molar-refractivity contribution >= 4 is 33.2 Å². The summed E-state index contributed by atoms with van der Waals surface area (Å²) in [6.07, 6.45) is 3.85. The van der Waals surface area contributed by atoms with Crippen molar-refractivity contribution in [2.24, 2.45) is 5.92 Å². The fourth-order valence-electron chi connectivity index (χ4n) is 2.34. The first-order valence-corrected chi connectivity index (χ1v) is 8.60. The number of sulfonamides is 1. The van der Waals surface area contributed by atoms with E-state index >= 15 is 0 Å². The Labute approximate surface area is 124 Å². The Balaban J connectivity index is 2.16. The summed E-state index contributed by atoms with van der Waals surface area (Å²) in [6, 6.07) is 4.46. The van der Waals surface area contributed by atoms with E-state index < -0.39 is 10.0 Å². The maximum Gasteiger partial charge on any atom is 0.242 e. The van der Waals surface area contributed by atoms with Crippen molar-refractivity contribution in [3.63, 3.8) is 0 Å². The normalized spacial score (nSPS) is 24.4. The molecule has 0 amide bonds. The van der Waals surface area contributed by atoms with Gasteiger partial charge in [0.15, 0.2) is 0 Å². The largest absolute Gasteiger partial charge is 0.242 e. The molecule has 19 heavy (non-hydrogen) atoms. The molecule has 0 unspecified atom stereocenters. The molecule has 0 radical (unpaired) electrons. The van der Waals surface area contributed by atoms with Gasteiger partial charge < -0.3 is 0 Å². The first-order valence-electron chi connectivity index (χ1n) is 6.36. The molecule has 1 aromatic rings. The van der Waals surface area contributed by atoms with Crippen LogP contribution in [-0.4, -0.2) is 14.5 Å².